The second-order valence-corrected chi connectivity index (χ2v) is 11.7. The molecule has 1 unspecified atom stereocenters. The molecule has 0 amide bonds. The van der Waals surface area contributed by atoms with Crippen molar-refractivity contribution in [3.63, 3.8) is 0 Å². The Morgan fingerprint density at radius 3 is 1.26 bits per heavy atom. The summed E-state index contributed by atoms with van der Waals surface area (Å²) >= 11 is 1.59. The fourth-order valence-electron chi connectivity index (χ4n) is 1.25. The van der Waals surface area contributed by atoms with Crippen molar-refractivity contribution in [2.75, 3.05) is 0 Å². The van der Waals surface area contributed by atoms with Gasteiger partial charge in [0.05, 0.1) is 16.2 Å². The molecule has 3 N–H and O–H groups in total. The van der Waals surface area contributed by atoms with Gasteiger partial charge in [-0.1, -0.05) is 0 Å². The number of hydrogen-bond acceptors (Lipinski definition) is 3. The third kappa shape index (κ3) is 14.8. The van der Waals surface area contributed by atoms with Crippen LogP contribution < -0.4 is 0 Å². The average Bonchev–Trinajstić information content (AvgIpc) is 2.95. The molecule has 0 spiro atoms. The van der Waals surface area contributed by atoms with E-state index in [0.717, 1.165) is 0 Å². The van der Waals surface area contributed by atoms with Gasteiger partial charge in [-0.25, -0.2) is 0 Å². The van der Waals surface area contributed by atoms with E-state index in [1.807, 2.05) is 0 Å². The van der Waals surface area contributed by atoms with Crippen molar-refractivity contribution in [2.45, 2.75) is 65.9 Å². The van der Waals surface area contributed by atoms with Crippen molar-refractivity contribution in [3.05, 3.63) is 41.5 Å². The van der Waals surface area contributed by atoms with Gasteiger partial charge in [0.1, 0.15) is 0 Å². The molecule has 0 aromatic heterocycles. The summed E-state index contributed by atoms with van der Waals surface area (Å²) in [6.07, 6.45) is 4.50. The van der Waals surface area contributed by atoms with Crippen LogP contribution >= 0.6 is 0 Å². The van der Waals surface area contributed by atoms with E-state index in [4.69, 9.17) is 15.3 Å². The number of carboxylic acids is 3. The zero-order valence-electron chi connectivity index (χ0n) is 20.1. The summed E-state index contributed by atoms with van der Waals surface area (Å²) in [6.45, 7) is 15.0. The molecule has 2 rings (SSSR count). The molecule has 1 aliphatic carbocycles. The number of hydrogen-bond donors (Lipinski definition) is 3. The number of benzene rings is 1. The first kappa shape index (κ1) is 31.4. The van der Waals surface area contributed by atoms with Gasteiger partial charge in [0, 0.05) is 0 Å². The Balaban J connectivity index is 0. The Kier molecular flexibility index (Phi) is 13.1. The molecule has 0 saturated carbocycles. The molecule has 6 nitrogen and oxygen atoms in total. The number of carbonyl (C=O) groups is 3. The maximum absolute atomic E-state index is 10.0. The normalized spacial score (nSPS) is 14.4. The van der Waals surface area contributed by atoms with E-state index in [1.165, 1.54) is 11.1 Å². The first-order chi connectivity index (χ1) is 13.7. The van der Waals surface area contributed by atoms with Gasteiger partial charge in [-0.15, -0.1) is 0 Å². The summed E-state index contributed by atoms with van der Waals surface area (Å²) < 4.78 is 0.711. The van der Waals surface area contributed by atoms with Crippen molar-refractivity contribution < 1.29 is 54.4 Å². The molecule has 1 aliphatic rings. The number of fused-ring (bicyclic) bond motifs is 1. The molecule has 0 heterocycles. The maximum atomic E-state index is 10.0. The molecular weight excluding hydrogens is 475 g/mol. The van der Waals surface area contributed by atoms with Crippen molar-refractivity contribution in [2.24, 2.45) is 16.2 Å². The Labute approximate surface area is 201 Å². The SMILES string of the molecule is CC(C)(C)C(=O)O.CC(C)(C)C(=O)O.CC(C)(C)C(=O)O.[Zr][CH]1C=Cc2ccccc21. The Bertz CT molecular complexity index is 704. The van der Waals surface area contributed by atoms with E-state index in [0.29, 0.717) is 3.63 Å². The van der Waals surface area contributed by atoms with E-state index >= 15 is 0 Å². The minimum atomic E-state index is -0.757. The van der Waals surface area contributed by atoms with E-state index < -0.39 is 34.2 Å². The van der Waals surface area contributed by atoms with Crippen molar-refractivity contribution >= 4 is 24.0 Å². The van der Waals surface area contributed by atoms with Crippen LogP contribution in [0, 0.1) is 16.2 Å². The summed E-state index contributed by atoms with van der Waals surface area (Å²) in [5, 5.41) is 24.8. The van der Waals surface area contributed by atoms with Crippen molar-refractivity contribution in [1.29, 1.82) is 0 Å². The fraction of sp³-hybridized carbons (Fsp3) is 0.542. The van der Waals surface area contributed by atoms with Gasteiger partial charge in [-0.3, -0.25) is 14.4 Å². The minimum absolute atomic E-state index is 0.583. The predicted molar refractivity (Wildman–Crippen MR) is 119 cm³/mol. The van der Waals surface area contributed by atoms with Gasteiger partial charge in [0.2, 0.25) is 0 Å². The number of rotatable bonds is 0. The number of carboxylic acid groups (broad SMARTS) is 3. The number of allylic oxidation sites excluding steroid dienone is 1. The summed E-state index contributed by atoms with van der Waals surface area (Å²) in [4.78, 5) is 30.1. The van der Waals surface area contributed by atoms with Crippen LogP contribution in [0.3, 0.4) is 0 Å². The molecule has 0 fully saturated rings. The molecule has 0 saturated heterocycles. The van der Waals surface area contributed by atoms with Gasteiger partial charge in [-0.2, -0.15) is 0 Å². The quantitative estimate of drug-likeness (QED) is 0.414. The first-order valence-electron chi connectivity index (χ1n) is 9.89. The van der Waals surface area contributed by atoms with Crippen LogP contribution in [0.5, 0.6) is 0 Å². The molecule has 0 radical (unpaired) electrons. The average molecular weight is 513 g/mol. The van der Waals surface area contributed by atoms with Gasteiger partial charge in [0.25, 0.3) is 0 Å². The molecule has 1 atom stereocenters. The second-order valence-electron chi connectivity index (χ2n) is 10.1. The first-order valence-corrected chi connectivity index (χ1v) is 11.3. The molecule has 0 bridgehead atoms. The van der Waals surface area contributed by atoms with Crippen LogP contribution in [0.1, 0.15) is 77.1 Å². The molecule has 7 heteroatoms. The van der Waals surface area contributed by atoms with Gasteiger partial charge in [-0.05, 0) is 62.3 Å². The van der Waals surface area contributed by atoms with Gasteiger partial charge >= 0.3 is 93.8 Å². The Morgan fingerprint density at radius 1 is 0.710 bits per heavy atom. The monoisotopic (exact) mass is 511 g/mol. The number of aliphatic carboxylic acids is 3. The second kappa shape index (κ2) is 13.0. The topological polar surface area (TPSA) is 112 Å². The van der Waals surface area contributed by atoms with Crippen molar-refractivity contribution in [1.82, 2.24) is 0 Å². The van der Waals surface area contributed by atoms with E-state index in [9.17, 15) is 14.4 Å². The third-order valence-electron chi connectivity index (χ3n) is 3.72. The molecule has 31 heavy (non-hydrogen) atoms. The van der Waals surface area contributed by atoms with Crippen LogP contribution in [-0.4, -0.2) is 33.2 Å². The van der Waals surface area contributed by atoms with Crippen molar-refractivity contribution in [3.8, 4) is 0 Å². The Hall–Kier alpha value is -1.75. The van der Waals surface area contributed by atoms with Crippen LogP contribution in [0.2, 0.25) is 0 Å². The predicted octanol–water partition coefficient (Wildman–Crippen LogP) is 5.65. The van der Waals surface area contributed by atoms with Gasteiger partial charge < -0.3 is 15.3 Å². The van der Waals surface area contributed by atoms with E-state index in [2.05, 4.69) is 36.4 Å². The van der Waals surface area contributed by atoms with E-state index in [1.54, 1.807) is 87.0 Å². The van der Waals surface area contributed by atoms with Crippen LogP contribution in [-0.2, 0) is 39.1 Å². The van der Waals surface area contributed by atoms with E-state index in [-0.39, 0.29) is 0 Å². The summed E-state index contributed by atoms with van der Waals surface area (Å²) in [5.41, 5.74) is 1.16. The third-order valence-corrected chi connectivity index (χ3v) is 4.96. The zero-order chi connectivity index (χ0) is 25.2. The summed E-state index contributed by atoms with van der Waals surface area (Å²) in [5.74, 6) is -2.27. The summed E-state index contributed by atoms with van der Waals surface area (Å²) in [7, 11) is 0. The molecule has 1 aromatic rings. The molecular formula is C24H37O6Zr. The standard InChI is InChI=1S/C9H7.3C5H10O2.Zr/c1-2-5-9-7-3-6-8(9)4-1;3*1-5(2,3)4(6)7;/h1-7H;3*1-3H3,(H,6,7);. The van der Waals surface area contributed by atoms with Crippen LogP contribution in [0.4, 0.5) is 0 Å². The van der Waals surface area contributed by atoms with Gasteiger partial charge in [0.15, 0.2) is 0 Å². The fourth-order valence-corrected chi connectivity index (χ4v) is 2.13. The van der Waals surface area contributed by atoms with Crippen LogP contribution in [0.25, 0.3) is 6.08 Å². The molecule has 1 aromatic carbocycles. The summed E-state index contributed by atoms with van der Waals surface area (Å²) in [6, 6.07) is 8.60. The molecule has 173 valence electrons. The van der Waals surface area contributed by atoms with Crippen LogP contribution in [0.15, 0.2) is 30.3 Å². The Morgan fingerprint density at radius 2 is 1.00 bits per heavy atom. The zero-order valence-corrected chi connectivity index (χ0v) is 22.6. The molecule has 0 aliphatic heterocycles.